The summed E-state index contributed by atoms with van der Waals surface area (Å²) in [6.45, 7) is 17.6. The first-order chi connectivity index (χ1) is 20.6. The van der Waals surface area contributed by atoms with Crippen LogP contribution in [0.25, 0.3) is 22.4 Å². The van der Waals surface area contributed by atoms with Crippen LogP contribution in [-0.2, 0) is 34.4 Å². The predicted molar refractivity (Wildman–Crippen MR) is 172 cm³/mol. The molecule has 2 aromatic heterocycles. The molecule has 2 atom stereocenters. The van der Waals surface area contributed by atoms with E-state index in [1.165, 1.54) is 0 Å². The Morgan fingerprint density at radius 3 is 2.50 bits per heavy atom. The first-order valence-corrected chi connectivity index (χ1v) is 15.7. The Labute approximate surface area is 260 Å². The molecule has 10 heteroatoms. The number of nitrogens with one attached hydrogen (secondary N) is 1. The highest BCUT2D eigenvalue weighted by Gasteiger charge is 2.29. The predicted octanol–water partition coefficient (Wildman–Crippen LogP) is 5.42. The van der Waals surface area contributed by atoms with Crippen molar-refractivity contribution in [3.63, 3.8) is 0 Å². The van der Waals surface area contributed by atoms with Gasteiger partial charge >= 0.3 is 12.1 Å². The van der Waals surface area contributed by atoms with Crippen LogP contribution in [0.1, 0.15) is 72.4 Å². The number of carbonyl (C=O) groups is 2. The largest absolute Gasteiger partial charge is 0.462 e. The van der Waals surface area contributed by atoms with Crippen LogP contribution in [0.2, 0.25) is 0 Å². The number of hydrogen-bond donors (Lipinski definition) is 1. The molecule has 4 rings (SSSR count). The van der Waals surface area contributed by atoms with Gasteiger partial charge in [0.2, 0.25) is 0 Å². The molecule has 1 amide bonds. The number of aryl methyl sites for hydroxylation is 2. The highest BCUT2D eigenvalue weighted by atomic mass is 16.6. The molecule has 1 N–H and O–H groups in total. The van der Waals surface area contributed by atoms with Gasteiger partial charge in [0.05, 0.1) is 17.1 Å². The number of pyridine rings is 1. The molecule has 0 spiro atoms. The number of imidazole rings is 1. The molecule has 1 fully saturated rings. The van der Waals surface area contributed by atoms with Crippen molar-refractivity contribution in [2.45, 2.75) is 99.1 Å². The summed E-state index contributed by atoms with van der Waals surface area (Å²) in [6.07, 6.45) is 3.23. The van der Waals surface area contributed by atoms with Crippen LogP contribution in [0.3, 0.4) is 0 Å². The number of nitrogens with zero attached hydrogens (tertiary/aromatic N) is 4. The Balaban J connectivity index is 1.69. The molecule has 1 saturated heterocycles. The number of aromatic nitrogens is 3. The van der Waals surface area contributed by atoms with Crippen molar-refractivity contribution in [2.75, 3.05) is 13.1 Å². The van der Waals surface area contributed by atoms with Gasteiger partial charge in [0.25, 0.3) is 5.56 Å². The van der Waals surface area contributed by atoms with E-state index in [0.29, 0.717) is 31.7 Å². The number of benzene rings is 1. The summed E-state index contributed by atoms with van der Waals surface area (Å²) < 4.78 is 15.0. The van der Waals surface area contributed by atoms with E-state index < -0.39 is 11.6 Å². The maximum atomic E-state index is 12.9. The zero-order valence-electron chi connectivity index (χ0n) is 27.8. The fraction of sp³-hybridized carbons (Fsp3) is 0.588. The lowest BCUT2D eigenvalue weighted by Crippen LogP contribution is -2.43. The summed E-state index contributed by atoms with van der Waals surface area (Å²) in [4.78, 5) is 45.0. The highest BCUT2D eigenvalue weighted by molar-refractivity contribution is 5.81. The van der Waals surface area contributed by atoms with Gasteiger partial charge in [0, 0.05) is 50.6 Å². The molecule has 10 nitrogen and oxygen atoms in total. The average molecular weight is 608 g/mol. The standard InChI is InChI=1S/C34H49N5O5/c1-21(2)29(32(41)43-22(3)4)35-17-24-12-13-27-28(16-24)39(30(36-27)26-15-23(5)31(40)37(9)20-26)19-25-11-10-14-38(18-25)33(42)44-34(6,7)8/h12-13,15-16,20-22,25,29,35H,10-11,14,17-19H2,1-9H3/t25?,29-/m0/s1. The van der Waals surface area contributed by atoms with E-state index in [2.05, 4.69) is 16.0 Å². The highest BCUT2D eigenvalue weighted by Crippen LogP contribution is 2.29. The Hall–Kier alpha value is -3.66. The molecule has 1 aliphatic heterocycles. The molecule has 0 saturated carbocycles. The Morgan fingerprint density at radius 1 is 1.14 bits per heavy atom. The number of hydrogen-bond acceptors (Lipinski definition) is 7. The molecule has 3 heterocycles. The van der Waals surface area contributed by atoms with Crippen LogP contribution >= 0.6 is 0 Å². The van der Waals surface area contributed by atoms with Gasteiger partial charge in [-0.15, -0.1) is 0 Å². The third-order valence-electron chi connectivity index (χ3n) is 7.84. The van der Waals surface area contributed by atoms with Crippen LogP contribution in [0.15, 0.2) is 35.3 Å². The van der Waals surface area contributed by atoms with Crippen LogP contribution < -0.4 is 10.9 Å². The van der Waals surface area contributed by atoms with E-state index in [1.807, 2.05) is 84.7 Å². The van der Waals surface area contributed by atoms with Gasteiger partial charge in [-0.05, 0) is 90.0 Å². The molecule has 240 valence electrons. The van der Waals surface area contributed by atoms with Gasteiger partial charge in [-0.3, -0.25) is 9.59 Å². The molecule has 0 bridgehead atoms. The maximum Gasteiger partial charge on any atom is 0.410 e. The van der Waals surface area contributed by atoms with E-state index in [9.17, 15) is 14.4 Å². The summed E-state index contributed by atoms with van der Waals surface area (Å²) in [7, 11) is 1.75. The van der Waals surface area contributed by atoms with E-state index in [1.54, 1.807) is 11.6 Å². The van der Waals surface area contributed by atoms with Crippen molar-refractivity contribution in [3.8, 4) is 11.4 Å². The monoisotopic (exact) mass is 607 g/mol. The van der Waals surface area contributed by atoms with Crippen LogP contribution in [-0.4, -0.2) is 61.9 Å². The fourth-order valence-corrected chi connectivity index (χ4v) is 5.77. The number of ether oxygens (including phenoxy) is 2. The van der Waals surface area contributed by atoms with E-state index in [4.69, 9.17) is 14.5 Å². The van der Waals surface area contributed by atoms with Gasteiger partial charge in [0.15, 0.2) is 0 Å². The second kappa shape index (κ2) is 13.5. The zero-order chi connectivity index (χ0) is 32.3. The van der Waals surface area contributed by atoms with Crippen molar-refractivity contribution in [1.29, 1.82) is 0 Å². The molecule has 1 aromatic carbocycles. The Kier molecular flexibility index (Phi) is 10.2. The van der Waals surface area contributed by atoms with Gasteiger partial charge in [0.1, 0.15) is 17.5 Å². The molecule has 1 aliphatic rings. The van der Waals surface area contributed by atoms with Gasteiger partial charge in [-0.25, -0.2) is 9.78 Å². The smallest absolute Gasteiger partial charge is 0.410 e. The van der Waals surface area contributed by atoms with Crippen LogP contribution in [0, 0.1) is 18.8 Å². The molecule has 1 unspecified atom stereocenters. The van der Waals surface area contributed by atoms with E-state index in [0.717, 1.165) is 40.8 Å². The minimum Gasteiger partial charge on any atom is -0.462 e. The summed E-state index contributed by atoms with van der Waals surface area (Å²) in [5, 5.41) is 3.40. The topological polar surface area (TPSA) is 108 Å². The number of amides is 1. The Bertz CT molecular complexity index is 1520. The van der Waals surface area contributed by atoms with E-state index >= 15 is 0 Å². The molecule has 0 aliphatic carbocycles. The molecule has 44 heavy (non-hydrogen) atoms. The van der Waals surface area contributed by atoms with Crippen molar-refractivity contribution < 1.29 is 19.1 Å². The third kappa shape index (κ3) is 8.08. The Morgan fingerprint density at radius 2 is 1.86 bits per heavy atom. The fourth-order valence-electron chi connectivity index (χ4n) is 5.77. The number of carbonyl (C=O) groups excluding carboxylic acids is 2. The summed E-state index contributed by atoms with van der Waals surface area (Å²) in [5.74, 6) is 0.785. The van der Waals surface area contributed by atoms with Gasteiger partial charge < -0.3 is 28.8 Å². The molecule has 3 aromatic rings. The van der Waals surface area contributed by atoms with Crippen molar-refractivity contribution in [3.05, 3.63) is 51.9 Å². The molecular formula is C34H49N5O5. The quantitative estimate of drug-likeness (QED) is 0.324. The second-order valence-corrected chi connectivity index (χ2v) is 13.7. The minimum atomic E-state index is -0.552. The zero-order valence-corrected chi connectivity index (χ0v) is 27.8. The minimum absolute atomic E-state index is 0.0410. The van der Waals surface area contributed by atoms with Crippen LogP contribution in [0.4, 0.5) is 4.79 Å². The number of rotatable bonds is 9. The third-order valence-corrected chi connectivity index (χ3v) is 7.84. The lowest BCUT2D eigenvalue weighted by atomic mass is 9.98. The van der Waals surface area contributed by atoms with Gasteiger partial charge in [-0.2, -0.15) is 0 Å². The summed E-state index contributed by atoms with van der Waals surface area (Å²) in [5.41, 5.74) is 3.74. The first-order valence-electron chi connectivity index (χ1n) is 15.7. The average Bonchev–Trinajstić information content (AvgIpc) is 3.27. The summed E-state index contributed by atoms with van der Waals surface area (Å²) >= 11 is 0. The van der Waals surface area contributed by atoms with Crippen LogP contribution in [0.5, 0.6) is 0 Å². The normalized spacial score (nSPS) is 16.5. The molecular weight excluding hydrogens is 558 g/mol. The second-order valence-electron chi connectivity index (χ2n) is 13.7. The number of likely N-dealkylation sites (tertiary alicyclic amines) is 1. The van der Waals surface area contributed by atoms with E-state index in [-0.39, 0.29) is 35.6 Å². The summed E-state index contributed by atoms with van der Waals surface area (Å²) in [6, 6.07) is 7.62. The lowest BCUT2D eigenvalue weighted by molar-refractivity contribution is -0.151. The maximum absolute atomic E-state index is 12.9. The lowest BCUT2D eigenvalue weighted by Gasteiger charge is -2.34. The first kappa shape index (κ1) is 33.2. The van der Waals surface area contributed by atoms with Crippen molar-refractivity contribution >= 4 is 23.1 Å². The van der Waals surface area contributed by atoms with Crippen molar-refractivity contribution in [2.24, 2.45) is 18.9 Å². The number of esters is 1. The number of piperidine rings is 1. The molecule has 0 radical (unpaired) electrons. The SMILES string of the molecule is Cc1cc(-c2nc3ccc(CN[C@H](C(=O)OC(C)C)C(C)C)cc3n2CC2CCCN(C(=O)OC(C)(C)C)C2)cn(C)c1=O. The number of fused-ring (bicyclic) bond motifs is 1. The van der Waals surface area contributed by atoms with Crippen molar-refractivity contribution in [1.82, 2.24) is 24.3 Å². The van der Waals surface area contributed by atoms with Gasteiger partial charge in [-0.1, -0.05) is 19.9 Å².